The van der Waals surface area contributed by atoms with Crippen molar-refractivity contribution in [1.82, 2.24) is 5.32 Å². The van der Waals surface area contributed by atoms with Crippen LogP contribution in [0.15, 0.2) is 53.0 Å². The molecule has 2 N–H and O–H groups in total. The quantitative estimate of drug-likeness (QED) is 0.807. The van der Waals surface area contributed by atoms with Crippen molar-refractivity contribution in [2.24, 2.45) is 5.92 Å². The van der Waals surface area contributed by atoms with Crippen molar-refractivity contribution < 1.29 is 9.59 Å². The molecule has 1 atom stereocenters. The summed E-state index contributed by atoms with van der Waals surface area (Å²) in [6.07, 6.45) is 0. The molecule has 2 rings (SSSR count). The van der Waals surface area contributed by atoms with E-state index in [9.17, 15) is 9.59 Å². The van der Waals surface area contributed by atoms with Crippen molar-refractivity contribution in [1.29, 1.82) is 0 Å². The van der Waals surface area contributed by atoms with E-state index >= 15 is 0 Å². The zero-order valence-electron chi connectivity index (χ0n) is 14.0. The summed E-state index contributed by atoms with van der Waals surface area (Å²) in [5, 5.41) is 5.67. The lowest BCUT2D eigenvalue weighted by molar-refractivity contribution is -0.118. The van der Waals surface area contributed by atoms with Crippen LogP contribution in [0.4, 0.5) is 5.69 Å². The Labute approximate surface area is 150 Å². The van der Waals surface area contributed by atoms with E-state index < -0.39 is 6.04 Å². The molecule has 0 aliphatic rings. The van der Waals surface area contributed by atoms with Crippen LogP contribution in [-0.2, 0) is 4.79 Å². The number of nitrogens with one attached hydrogen (secondary N) is 2. The zero-order chi connectivity index (χ0) is 17.7. The maximum absolute atomic E-state index is 12.5. The van der Waals surface area contributed by atoms with Crippen molar-refractivity contribution in [3.8, 4) is 0 Å². The number of amides is 2. The van der Waals surface area contributed by atoms with Crippen LogP contribution >= 0.6 is 15.9 Å². The summed E-state index contributed by atoms with van der Waals surface area (Å²) in [5.41, 5.74) is 2.32. The molecule has 0 bridgehead atoms. The van der Waals surface area contributed by atoms with Gasteiger partial charge in [0.05, 0.1) is 0 Å². The molecule has 0 saturated carbocycles. The number of hydrogen-bond donors (Lipinski definition) is 2. The molecule has 4 nitrogen and oxygen atoms in total. The summed E-state index contributed by atoms with van der Waals surface area (Å²) in [4.78, 5) is 24.9. The Morgan fingerprint density at radius 1 is 0.958 bits per heavy atom. The number of hydrogen-bond acceptors (Lipinski definition) is 2. The number of rotatable bonds is 5. The Bertz CT molecular complexity index is 709. The molecule has 0 aromatic heterocycles. The second-order valence-electron chi connectivity index (χ2n) is 6.06. The van der Waals surface area contributed by atoms with Crippen molar-refractivity contribution in [2.45, 2.75) is 26.8 Å². The van der Waals surface area contributed by atoms with Gasteiger partial charge in [-0.15, -0.1) is 0 Å². The SMILES string of the molecule is Cc1ccc(C(=O)NC(C(=O)Nc2ccc(Br)cc2)C(C)C)cc1. The Kier molecular flexibility index (Phi) is 6.15. The summed E-state index contributed by atoms with van der Waals surface area (Å²) in [5.74, 6) is -0.512. The van der Waals surface area contributed by atoms with Gasteiger partial charge in [0.25, 0.3) is 5.91 Å². The predicted molar refractivity (Wildman–Crippen MR) is 100 cm³/mol. The molecule has 2 amide bonds. The molecule has 0 heterocycles. The summed E-state index contributed by atoms with van der Waals surface area (Å²) in [6, 6.07) is 14.0. The molecule has 24 heavy (non-hydrogen) atoms. The van der Waals surface area contributed by atoms with Gasteiger partial charge in [0, 0.05) is 15.7 Å². The molecule has 5 heteroatoms. The Hall–Kier alpha value is -2.14. The largest absolute Gasteiger partial charge is 0.340 e. The van der Waals surface area contributed by atoms with Crippen LogP contribution in [0.1, 0.15) is 29.8 Å². The second kappa shape index (κ2) is 8.11. The van der Waals surface area contributed by atoms with E-state index in [1.54, 1.807) is 24.3 Å². The van der Waals surface area contributed by atoms with Gasteiger partial charge in [0.15, 0.2) is 0 Å². The Morgan fingerprint density at radius 3 is 2.08 bits per heavy atom. The minimum Gasteiger partial charge on any atom is -0.340 e. The Balaban J connectivity index is 2.07. The molecule has 1 unspecified atom stereocenters. The van der Waals surface area contributed by atoms with Gasteiger partial charge in [-0.1, -0.05) is 47.5 Å². The molecular weight excluding hydrogens is 368 g/mol. The lowest BCUT2D eigenvalue weighted by atomic mass is 10.0. The minimum atomic E-state index is -0.609. The third kappa shape index (κ3) is 4.93. The smallest absolute Gasteiger partial charge is 0.251 e. The number of aryl methyl sites for hydroxylation is 1. The normalized spacial score (nSPS) is 11.9. The van der Waals surface area contributed by atoms with Gasteiger partial charge in [-0.25, -0.2) is 0 Å². The maximum Gasteiger partial charge on any atom is 0.251 e. The lowest BCUT2D eigenvalue weighted by Gasteiger charge is -2.22. The first kappa shape index (κ1) is 18.2. The van der Waals surface area contributed by atoms with E-state index in [-0.39, 0.29) is 17.7 Å². The van der Waals surface area contributed by atoms with E-state index in [0.29, 0.717) is 11.3 Å². The number of anilines is 1. The number of carbonyl (C=O) groups is 2. The first-order chi connectivity index (χ1) is 11.4. The number of halogens is 1. The molecular formula is C19H21BrN2O2. The van der Waals surface area contributed by atoms with Gasteiger partial charge in [0.2, 0.25) is 5.91 Å². The van der Waals surface area contributed by atoms with Gasteiger partial charge in [-0.2, -0.15) is 0 Å². The molecule has 0 spiro atoms. The standard InChI is InChI=1S/C19H21BrN2O2/c1-12(2)17(19(24)21-16-10-8-15(20)9-11-16)22-18(23)14-6-4-13(3)5-7-14/h4-12,17H,1-3H3,(H,21,24)(H,22,23). The first-order valence-electron chi connectivity index (χ1n) is 7.81. The van der Waals surface area contributed by atoms with Crippen molar-refractivity contribution in [3.05, 3.63) is 64.1 Å². The maximum atomic E-state index is 12.5. The van der Waals surface area contributed by atoms with Crippen molar-refractivity contribution in [2.75, 3.05) is 5.32 Å². The summed E-state index contributed by atoms with van der Waals surface area (Å²) >= 11 is 3.36. The second-order valence-corrected chi connectivity index (χ2v) is 6.97. The molecule has 2 aromatic rings. The van der Waals surface area contributed by atoms with Crippen LogP contribution in [0.2, 0.25) is 0 Å². The topological polar surface area (TPSA) is 58.2 Å². The van der Waals surface area contributed by atoms with Gasteiger partial charge < -0.3 is 10.6 Å². The highest BCUT2D eigenvalue weighted by Crippen LogP contribution is 2.15. The van der Waals surface area contributed by atoms with Gasteiger partial charge in [0.1, 0.15) is 6.04 Å². The van der Waals surface area contributed by atoms with Gasteiger partial charge in [-0.05, 0) is 49.2 Å². The van der Waals surface area contributed by atoms with E-state index in [1.807, 2.05) is 45.0 Å². The lowest BCUT2D eigenvalue weighted by Crippen LogP contribution is -2.47. The van der Waals surface area contributed by atoms with Crippen LogP contribution in [0.5, 0.6) is 0 Å². The molecule has 126 valence electrons. The first-order valence-corrected chi connectivity index (χ1v) is 8.60. The molecule has 0 aliphatic heterocycles. The fraction of sp³-hybridized carbons (Fsp3) is 0.263. The van der Waals surface area contributed by atoms with Gasteiger partial charge >= 0.3 is 0 Å². The van der Waals surface area contributed by atoms with E-state index in [2.05, 4.69) is 26.6 Å². The van der Waals surface area contributed by atoms with Gasteiger partial charge in [-0.3, -0.25) is 9.59 Å². The third-order valence-corrected chi connectivity index (χ3v) is 4.19. The van der Waals surface area contributed by atoms with Crippen molar-refractivity contribution in [3.63, 3.8) is 0 Å². The van der Waals surface area contributed by atoms with Crippen LogP contribution in [0.25, 0.3) is 0 Å². The highest BCUT2D eigenvalue weighted by molar-refractivity contribution is 9.10. The molecule has 2 aromatic carbocycles. The highest BCUT2D eigenvalue weighted by atomic mass is 79.9. The Morgan fingerprint density at radius 2 is 1.54 bits per heavy atom. The number of carbonyl (C=O) groups excluding carboxylic acids is 2. The summed E-state index contributed by atoms with van der Waals surface area (Å²) in [7, 11) is 0. The average molecular weight is 389 g/mol. The van der Waals surface area contributed by atoms with E-state index in [1.165, 1.54) is 0 Å². The molecule has 0 fully saturated rings. The summed E-state index contributed by atoms with van der Waals surface area (Å²) in [6.45, 7) is 5.77. The molecule has 0 radical (unpaired) electrons. The fourth-order valence-corrected chi connectivity index (χ4v) is 2.48. The monoisotopic (exact) mass is 388 g/mol. The van der Waals surface area contributed by atoms with Crippen LogP contribution in [0.3, 0.4) is 0 Å². The molecule has 0 saturated heterocycles. The third-order valence-electron chi connectivity index (χ3n) is 3.66. The average Bonchev–Trinajstić information content (AvgIpc) is 2.54. The predicted octanol–water partition coefficient (Wildman–Crippen LogP) is 4.15. The van der Waals surface area contributed by atoms with E-state index in [0.717, 1.165) is 10.0 Å². The highest BCUT2D eigenvalue weighted by Gasteiger charge is 2.24. The van der Waals surface area contributed by atoms with Crippen LogP contribution in [-0.4, -0.2) is 17.9 Å². The van der Waals surface area contributed by atoms with Crippen LogP contribution < -0.4 is 10.6 Å². The van der Waals surface area contributed by atoms with Crippen molar-refractivity contribution >= 4 is 33.4 Å². The van der Waals surface area contributed by atoms with Crippen LogP contribution in [0, 0.1) is 12.8 Å². The minimum absolute atomic E-state index is 0.0325. The van der Waals surface area contributed by atoms with E-state index in [4.69, 9.17) is 0 Å². The zero-order valence-corrected chi connectivity index (χ0v) is 15.6. The summed E-state index contributed by atoms with van der Waals surface area (Å²) < 4.78 is 0.939. The number of benzene rings is 2. The fourth-order valence-electron chi connectivity index (χ4n) is 2.22. The molecule has 0 aliphatic carbocycles.